The summed E-state index contributed by atoms with van der Waals surface area (Å²) < 4.78 is 0. The van der Waals surface area contributed by atoms with Gasteiger partial charge in [-0.15, -0.1) is 0 Å². The summed E-state index contributed by atoms with van der Waals surface area (Å²) in [6.07, 6.45) is 13.6. The van der Waals surface area contributed by atoms with Crippen molar-refractivity contribution >= 4 is 0 Å². The van der Waals surface area contributed by atoms with Gasteiger partial charge in [0.1, 0.15) is 6.33 Å². The lowest BCUT2D eigenvalue weighted by Gasteiger charge is -2.14. The molecule has 0 bridgehead atoms. The summed E-state index contributed by atoms with van der Waals surface area (Å²) in [5.74, 6) is 5.57. The molecule has 0 fully saturated rings. The quantitative estimate of drug-likeness (QED) is 0.380. The summed E-state index contributed by atoms with van der Waals surface area (Å²) in [5, 5.41) is 0. The Balaban J connectivity index is 2.13. The van der Waals surface area contributed by atoms with Gasteiger partial charge in [0.15, 0.2) is 0 Å². The zero-order chi connectivity index (χ0) is 13.1. The highest BCUT2D eigenvalue weighted by Crippen LogP contribution is 2.17. The molecule has 1 atom stereocenters. The summed E-state index contributed by atoms with van der Waals surface area (Å²) in [4.78, 5) is 8.16. The third-order valence-corrected chi connectivity index (χ3v) is 3.26. The molecule has 3 N–H and O–H groups in total. The maximum Gasteiger partial charge on any atom is 0.115 e. The average Bonchev–Trinajstić information content (AvgIpc) is 2.43. The van der Waals surface area contributed by atoms with Crippen LogP contribution in [-0.4, -0.2) is 9.97 Å². The van der Waals surface area contributed by atoms with E-state index in [2.05, 4.69) is 22.3 Å². The van der Waals surface area contributed by atoms with E-state index in [1.54, 1.807) is 12.5 Å². The third kappa shape index (κ3) is 6.07. The highest BCUT2D eigenvalue weighted by molar-refractivity contribution is 5.03. The van der Waals surface area contributed by atoms with E-state index >= 15 is 0 Å². The maximum atomic E-state index is 5.57. The lowest BCUT2D eigenvalue weighted by atomic mass is 10.0. The van der Waals surface area contributed by atoms with Crippen LogP contribution in [0.2, 0.25) is 0 Å². The molecule has 0 saturated carbocycles. The molecule has 1 aromatic heterocycles. The molecular formula is C14H26N4. The predicted molar refractivity (Wildman–Crippen MR) is 74.7 cm³/mol. The summed E-state index contributed by atoms with van der Waals surface area (Å²) in [6, 6.07) is 2.08. The maximum absolute atomic E-state index is 5.57. The largest absolute Gasteiger partial charge is 0.271 e. The number of nitrogens with one attached hydrogen (secondary N) is 1. The van der Waals surface area contributed by atoms with Gasteiger partial charge in [-0.05, 0) is 12.5 Å². The Morgan fingerprint density at radius 1 is 1.17 bits per heavy atom. The number of hydrazine groups is 1. The Morgan fingerprint density at radius 2 is 1.89 bits per heavy atom. The van der Waals surface area contributed by atoms with Crippen LogP contribution in [0, 0.1) is 0 Å². The van der Waals surface area contributed by atoms with Gasteiger partial charge in [-0.3, -0.25) is 11.3 Å². The second-order valence-corrected chi connectivity index (χ2v) is 4.76. The number of unbranched alkanes of at least 4 members (excludes halogenated alkanes) is 6. The lowest BCUT2D eigenvalue weighted by Crippen LogP contribution is -2.28. The fourth-order valence-electron chi connectivity index (χ4n) is 2.13. The van der Waals surface area contributed by atoms with Gasteiger partial charge >= 0.3 is 0 Å². The van der Waals surface area contributed by atoms with Crippen LogP contribution in [0.25, 0.3) is 0 Å². The fourth-order valence-corrected chi connectivity index (χ4v) is 2.13. The van der Waals surface area contributed by atoms with E-state index in [4.69, 9.17) is 5.84 Å². The first-order valence-electron chi connectivity index (χ1n) is 7.10. The third-order valence-electron chi connectivity index (χ3n) is 3.26. The first kappa shape index (κ1) is 15.1. The lowest BCUT2D eigenvalue weighted by molar-refractivity contribution is 0.467. The van der Waals surface area contributed by atoms with E-state index in [1.807, 2.05) is 6.07 Å². The van der Waals surface area contributed by atoms with Gasteiger partial charge < -0.3 is 0 Å². The van der Waals surface area contributed by atoms with Crippen molar-refractivity contribution in [1.82, 2.24) is 15.4 Å². The van der Waals surface area contributed by atoms with Gasteiger partial charge in [0.2, 0.25) is 0 Å². The van der Waals surface area contributed by atoms with E-state index in [0.29, 0.717) is 0 Å². The second kappa shape index (κ2) is 9.97. The van der Waals surface area contributed by atoms with Crippen LogP contribution in [0.15, 0.2) is 18.6 Å². The average molecular weight is 250 g/mol. The van der Waals surface area contributed by atoms with Crippen LogP contribution in [0.4, 0.5) is 0 Å². The van der Waals surface area contributed by atoms with E-state index in [1.165, 1.54) is 44.9 Å². The Hall–Kier alpha value is -1.00. The van der Waals surface area contributed by atoms with E-state index in [0.717, 1.165) is 12.1 Å². The minimum absolute atomic E-state index is 0.156. The van der Waals surface area contributed by atoms with Crippen LogP contribution in [0.1, 0.15) is 70.0 Å². The van der Waals surface area contributed by atoms with Gasteiger partial charge in [0, 0.05) is 6.20 Å². The monoisotopic (exact) mass is 250 g/mol. The summed E-state index contributed by atoms with van der Waals surface area (Å²) >= 11 is 0. The normalized spacial score (nSPS) is 12.6. The SMILES string of the molecule is CCCCCCCCCC(NN)c1ccncn1. The van der Waals surface area contributed by atoms with E-state index in [9.17, 15) is 0 Å². The van der Waals surface area contributed by atoms with Gasteiger partial charge in [0.25, 0.3) is 0 Å². The van der Waals surface area contributed by atoms with Crippen LogP contribution in [-0.2, 0) is 0 Å². The Bertz CT molecular complexity index is 289. The molecule has 0 radical (unpaired) electrons. The molecule has 1 heterocycles. The van der Waals surface area contributed by atoms with Crippen molar-refractivity contribution in [2.45, 2.75) is 64.3 Å². The minimum Gasteiger partial charge on any atom is -0.271 e. The second-order valence-electron chi connectivity index (χ2n) is 4.76. The van der Waals surface area contributed by atoms with Gasteiger partial charge in [0.05, 0.1) is 11.7 Å². The van der Waals surface area contributed by atoms with E-state index < -0.39 is 0 Å². The van der Waals surface area contributed by atoms with Crippen LogP contribution < -0.4 is 11.3 Å². The van der Waals surface area contributed by atoms with Crippen LogP contribution >= 0.6 is 0 Å². The van der Waals surface area contributed by atoms with Gasteiger partial charge in [-0.2, -0.15) is 0 Å². The molecule has 0 amide bonds. The molecule has 0 aromatic carbocycles. The zero-order valence-corrected chi connectivity index (χ0v) is 11.4. The molecule has 0 saturated heterocycles. The van der Waals surface area contributed by atoms with Crippen molar-refractivity contribution in [3.63, 3.8) is 0 Å². The highest BCUT2D eigenvalue weighted by Gasteiger charge is 2.09. The van der Waals surface area contributed by atoms with Crippen molar-refractivity contribution in [2.75, 3.05) is 0 Å². The van der Waals surface area contributed by atoms with Crippen molar-refractivity contribution in [1.29, 1.82) is 0 Å². The van der Waals surface area contributed by atoms with Gasteiger partial charge in [-0.1, -0.05) is 51.9 Å². The summed E-state index contributed by atoms with van der Waals surface area (Å²) in [7, 11) is 0. The van der Waals surface area contributed by atoms with Crippen molar-refractivity contribution in [3.8, 4) is 0 Å². The fraction of sp³-hybridized carbons (Fsp3) is 0.714. The first-order valence-corrected chi connectivity index (χ1v) is 7.10. The number of aromatic nitrogens is 2. The molecule has 0 spiro atoms. The molecule has 1 unspecified atom stereocenters. The number of nitrogens with zero attached hydrogens (tertiary/aromatic N) is 2. The Kier molecular flexibility index (Phi) is 8.34. The molecule has 4 nitrogen and oxygen atoms in total. The molecule has 0 aliphatic heterocycles. The Morgan fingerprint density at radius 3 is 2.50 bits per heavy atom. The predicted octanol–water partition coefficient (Wildman–Crippen LogP) is 3.12. The number of rotatable bonds is 10. The van der Waals surface area contributed by atoms with E-state index in [-0.39, 0.29) is 6.04 Å². The molecule has 1 rings (SSSR count). The molecule has 18 heavy (non-hydrogen) atoms. The number of nitrogens with two attached hydrogens (primary N) is 1. The minimum atomic E-state index is 0.156. The van der Waals surface area contributed by atoms with Crippen molar-refractivity contribution < 1.29 is 0 Å². The molecule has 0 aliphatic carbocycles. The topological polar surface area (TPSA) is 63.8 Å². The van der Waals surface area contributed by atoms with Crippen LogP contribution in [0.5, 0.6) is 0 Å². The Labute approximate surface area is 110 Å². The molecule has 102 valence electrons. The van der Waals surface area contributed by atoms with Gasteiger partial charge in [-0.25, -0.2) is 9.97 Å². The first-order chi connectivity index (χ1) is 8.88. The number of hydrogen-bond acceptors (Lipinski definition) is 4. The van der Waals surface area contributed by atoms with Crippen molar-refractivity contribution in [2.24, 2.45) is 5.84 Å². The van der Waals surface area contributed by atoms with Crippen LogP contribution in [0.3, 0.4) is 0 Å². The molecule has 4 heteroatoms. The molecular weight excluding hydrogens is 224 g/mol. The zero-order valence-electron chi connectivity index (χ0n) is 11.4. The molecule has 0 aliphatic rings. The number of hydrogen-bond donors (Lipinski definition) is 2. The molecule has 1 aromatic rings. The standard InChI is InChI=1S/C14H26N4/c1-2-3-4-5-6-7-8-9-14(18-15)13-10-11-16-12-17-13/h10-12,14,18H,2-9,15H2,1H3. The highest BCUT2D eigenvalue weighted by atomic mass is 15.2. The van der Waals surface area contributed by atoms with Crippen molar-refractivity contribution in [3.05, 3.63) is 24.3 Å². The summed E-state index contributed by atoms with van der Waals surface area (Å²) in [5.41, 5.74) is 3.82. The smallest absolute Gasteiger partial charge is 0.115 e. The summed E-state index contributed by atoms with van der Waals surface area (Å²) in [6.45, 7) is 2.25.